The first-order valence-electron chi connectivity index (χ1n) is 4.28. The molecule has 2 heterocycles. The molecular weight excluding hydrogens is 188 g/mol. The second-order valence-corrected chi connectivity index (χ2v) is 4.00. The molecule has 13 heavy (non-hydrogen) atoms. The number of β-amino-alcohol motifs (C(OH)–C–C–N with tert-alkyl or cyclic N) is 1. The number of thiazole rings is 1. The number of hydrogen-bond donors (Lipinski definition) is 2. The Labute approximate surface area is 80.5 Å². The Morgan fingerprint density at radius 1 is 1.69 bits per heavy atom. The third-order valence-electron chi connectivity index (χ3n) is 2.14. The van der Waals surface area contributed by atoms with Gasteiger partial charge in [0.05, 0.1) is 18.4 Å². The highest BCUT2D eigenvalue weighted by atomic mass is 32.1. The minimum atomic E-state index is -0.221. The maximum Gasteiger partial charge on any atom is 0.185 e. The SMILES string of the molecule is OCc1csc(N2CC[C@@H](O)C2)n1. The molecule has 5 heteroatoms. The van der Waals surface area contributed by atoms with E-state index in [1.165, 1.54) is 11.3 Å². The Bertz CT molecular complexity index is 289. The smallest absolute Gasteiger partial charge is 0.185 e. The van der Waals surface area contributed by atoms with Crippen LogP contribution in [0, 0.1) is 0 Å². The fourth-order valence-corrected chi connectivity index (χ4v) is 2.28. The molecule has 1 aromatic rings. The minimum absolute atomic E-state index is 0.00705. The van der Waals surface area contributed by atoms with Gasteiger partial charge >= 0.3 is 0 Å². The van der Waals surface area contributed by atoms with Crippen molar-refractivity contribution in [3.8, 4) is 0 Å². The van der Waals surface area contributed by atoms with Gasteiger partial charge in [0.15, 0.2) is 5.13 Å². The third kappa shape index (κ3) is 1.82. The van der Waals surface area contributed by atoms with Crippen LogP contribution in [0.2, 0.25) is 0 Å². The third-order valence-corrected chi connectivity index (χ3v) is 3.09. The molecule has 4 nitrogen and oxygen atoms in total. The van der Waals surface area contributed by atoms with Crippen LogP contribution in [-0.2, 0) is 6.61 Å². The number of aliphatic hydroxyl groups excluding tert-OH is 2. The summed E-state index contributed by atoms with van der Waals surface area (Å²) < 4.78 is 0. The second kappa shape index (κ2) is 3.61. The lowest BCUT2D eigenvalue weighted by Crippen LogP contribution is -2.20. The summed E-state index contributed by atoms with van der Waals surface area (Å²) in [6.45, 7) is 1.52. The molecule has 0 aliphatic carbocycles. The number of aromatic nitrogens is 1. The molecule has 1 aromatic heterocycles. The highest BCUT2D eigenvalue weighted by Gasteiger charge is 2.22. The van der Waals surface area contributed by atoms with Crippen LogP contribution in [0.3, 0.4) is 0 Å². The molecule has 1 saturated heterocycles. The van der Waals surface area contributed by atoms with Gasteiger partial charge in [0.1, 0.15) is 0 Å². The number of aliphatic hydroxyl groups is 2. The largest absolute Gasteiger partial charge is 0.391 e. The van der Waals surface area contributed by atoms with Gasteiger partial charge in [-0.15, -0.1) is 11.3 Å². The van der Waals surface area contributed by atoms with Gasteiger partial charge in [-0.1, -0.05) is 0 Å². The molecule has 0 saturated carbocycles. The highest BCUT2D eigenvalue weighted by molar-refractivity contribution is 7.13. The lowest BCUT2D eigenvalue weighted by Gasteiger charge is -2.12. The van der Waals surface area contributed by atoms with Gasteiger partial charge in [-0.25, -0.2) is 4.98 Å². The summed E-state index contributed by atoms with van der Waals surface area (Å²) >= 11 is 1.52. The van der Waals surface area contributed by atoms with Crippen LogP contribution in [-0.4, -0.2) is 34.4 Å². The molecule has 2 N–H and O–H groups in total. The standard InChI is InChI=1S/C8H12N2O2S/c11-4-6-5-13-8(9-6)10-2-1-7(12)3-10/h5,7,11-12H,1-4H2/t7-/m1/s1. The van der Waals surface area contributed by atoms with E-state index in [0.717, 1.165) is 18.1 Å². The van der Waals surface area contributed by atoms with Crippen LogP contribution >= 0.6 is 11.3 Å². The van der Waals surface area contributed by atoms with Crippen molar-refractivity contribution in [1.29, 1.82) is 0 Å². The molecule has 0 bridgehead atoms. The lowest BCUT2D eigenvalue weighted by molar-refractivity contribution is 0.198. The summed E-state index contributed by atoms with van der Waals surface area (Å²) in [5.74, 6) is 0. The Kier molecular flexibility index (Phi) is 2.48. The molecule has 1 atom stereocenters. The van der Waals surface area contributed by atoms with Crippen LogP contribution in [0.25, 0.3) is 0 Å². The Morgan fingerprint density at radius 3 is 3.08 bits per heavy atom. The molecule has 72 valence electrons. The van der Waals surface area contributed by atoms with Gasteiger partial charge in [-0.3, -0.25) is 0 Å². The number of anilines is 1. The summed E-state index contributed by atoms with van der Waals surface area (Å²) in [7, 11) is 0. The van der Waals surface area contributed by atoms with E-state index in [1.54, 1.807) is 0 Å². The topological polar surface area (TPSA) is 56.6 Å². The number of hydrogen-bond acceptors (Lipinski definition) is 5. The monoisotopic (exact) mass is 200 g/mol. The minimum Gasteiger partial charge on any atom is -0.391 e. The first kappa shape index (κ1) is 8.93. The van der Waals surface area contributed by atoms with E-state index in [4.69, 9.17) is 5.11 Å². The van der Waals surface area contributed by atoms with Gasteiger partial charge in [-0.05, 0) is 6.42 Å². The van der Waals surface area contributed by atoms with E-state index in [0.29, 0.717) is 12.2 Å². The van der Waals surface area contributed by atoms with Crippen molar-refractivity contribution in [1.82, 2.24) is 4.98 Å². The van der Waals surface area contributed by atoms with Crippen LogP contribution < -0.4 is 4.90 Å². The Hall–Kier alpha value is -0.650. The first-order valence-corrected chi connectivity index (χ1v) is 5.16. The average Bonchev–Trinajstić information content (AvgIpc) is 2.71. The fraction of sp³-hybridized carbons (Fsp3) is 0.625. The van der Waals surface area contributed by atoms with Crippen LogP contribution in [0.4, 0.5) is 5.13 Å². The lowest BCUT2D eigenvalue weighted by atomic mass is 10.3. The van der Waals surface area contributed by atoms with Crippen LogP contribution in [0.15, 0.2) is 5.38 Å². The Morgan fingerprint density at radius 2 is 2.54 bits per heavy atom. The molecule has 0 unspecified atom stereocenters. The zero-order valence-electron chi connectivity index (χ0n) is 7.18. The summed E-state index contributed by atoms with van der Waals surface area (Å²) in [6, 6.07) is 0. The second-order valence-electron chi connectivity index (χ2n) is 3.17. The maximum absolute atomic E-state index is 9.31. The summed E-state index contributed by atoms with van der Waals surface area (Å²) in [5.41, 5.74) is 0.710. The van der Waals surface area contributed by atoms with E-state index in [2.05, 4.69) is 9.88 Å². The van der Waals surface area contributed by atoms with Gasteiger partial charge in [0, 0.05) is 18.5 Å². The van der Waals surface area contributed by atoms with Gasteiger partial charge in [-0.2, -0.15) is 0 Å². The molecule has 1 fully saturated rings. The number of nitrogens with zero attached hydrogens (tertiary/aromatic N) is 2. The molecule has 2 rings (SSSR count). The van der Waals surface area contributed by atoms with E-state index < -0.39 is 0 Å². The molecule has 1 aliphatic rings. The molecular formula is C8H12N2O2S. The van der Waals surface area contributed by atoms with Gasteiger partial charge in [0.2, 0.25) is 0 Å². The van der Waals surface area contributed by atoms with Gasteiger partial charge in [0.25, 0.3) is 0 Å². The summed E-state index contributed by atoms with van der Waals surface area (Å²) in [4.78, 5) is 6.28. The Balaban J connectivity index is 2.08. The zero-order valence-corrected chi connectivity index (χ0v) is 8.00. The van der Waals surface area contributed by atoms with E-state index >= 15 is 0 Å². The van der Waals surface area contributed by atoms with E-state index in [-0.39, 0.29) is 12.7 Å². The highest BCUT2D eigenvalue weighted by Crippen LogP contribution is 2.24. The van der Waals surface area contributed by atoms with Crippen molar-refractivity contribution in [2.75, 3.05) is 18.0 Å². The van der Waals surface area contributed by atoms with Crippen molar-refractivity contribution in [3.63, 3.8) is 0 Å². The van der Waals surface area contributed by atoms with E-state index in [9.17, 15) is 5.11 Å². The number of rotatable bonds is 2. The summed E-state index contributed by atoms with van der Waals surface area (Å²) in [6.07, 6.45) is 0.593. The molecule has 0 radical (unpaired) electrons. The van der Waals surface area contributed by atoms with Crippen LogP contribution in [0.5, 0.6) is 0 Å². The first-order chi connectivity index (χ1) is 6.29. The molecule has 1 aliphatic heterocycles. The zero-order chi connectivity index (χ0) is 9.26. The predicted octanol–water partition coefficient (Wildman–Crippen LogP) is 0.206. The van der Waals surface area contributed by atoms with Crippen LogP contribution in [0.1, 0.15) is 12.1 Å². The van der Waals surface area contributed by atoms with Crippen molar-refractivity contribution >= 4 is 16.5 Å². The maximum atomic E-state index is 9.31. The fourth-order valence-electron chi connectivity index (χ4n) is 1.43. The quantitative estimate of drug-likeness (QED) is 0.716. The van der Waals surface area contributed by atoms with Gasteiger partial charge < -0.3 is 15.1 Å². The molecule has 0 amide bonds. The van der Waals surface area contributed by atoms with Crippen molar-refractivity contribution in [2.45, 2.75) is 19.1 Å². The molecule has 0 spiro atoms. The predicted molar refractivity (Wildman–Crippen MR) is 50.9 cm³/mol. The molecule has 0 aromatic carbocycles. The van der Waals surface area contributed by atoms with Crippen molar-refractivity contribution in [3.05, 3.63) is 11.1 Å². The summed E-state index contributed by atoms with van der Waals surface area (Å²) in [5, 5.41) is 20.9. The van der Waals surface area contributed by atoms with Crippen molar-refractivity contribution < 1.29 is 10.2 Å². The normalized spacial score (nSPS) is 22.6. The average molecular weight is 200 g/mol. The van der Waals surface area contributed by atoms with E-state index in [1.807, 2.05) is 5.38 Å². The van der Waals surface area contributed by atoms with Crippen molar-refractivity contribution in [2.24, 2.45) is 0 Å².